The third-order valence-corrected chi connectivity index (χ3v) is 5.61. The third-order valence-electron chi connectivity index (χ3n) is 5.61. The number of nitrogens with zero attached hydrogens (tertiary/aromatic N) is 1. The topological polar surface area (TPSA) is 96.3 Å². The summed E-state index contributed by atoms with van der Waals surface area (Å²) in [6, 6.07) is 17.4. The quantitative estimate of drug-likeness (QED) is 0.370. The fourth-order valence-corrected chi connectivity index (χ4v) is 3.98. The van der Waals surface area contributed by atoms with Crippen LogP contribution in [0.1, 0.15) is 22.7 Å². The van der Waals surface area contributed by atoms with Crippen LogP contribution < -0.4 is 14.4 Å². The highest BCUT2D eigenvalue weighted by Gasteiger charge is 2.47. The Morgan fingerprint density at radius 3 is 2.34 bits per heavy atom. The molecule has 0 saturated carbocycles. The Bertz CT molecular complexity index is 1260. The number of aryl methyl sites for hydroxylation is 1. The lowest BCUT2D eigenvalue weighted by molar-refractivity contribution is -0.132. The van der Waals surface area contributed by atoms with Crippen LogP contribution in [0.2, 0.25) is 0 Å². The van der Waals surface area contributed by atoms with Gasteiger partial charge in [-0.25, -0.2) is 0 Å². The van der Waals surface area contributed by atoms with Gasteiger partial charge in [0.2, 0.25) is 6.79 Å². The first-order valence-electron chi connectivity index (χ1n) is 10.0. The van der Waals surface area contributed by atoms with Gasteiger partial charge in [-0.2, -0.15) is 0 Å². The van der Waals surface area contributed by atoms with Gasteiger partial charge in [0.1, 0.15) is 11.5 Å². The minimum absolute atomic E-state index is 0.0415. The molecule has 1 amide bonds. The van der Waals surface area contributed by atoms with Crippen LogP contribution in [-0.2, 0) is 9.59 Å². The van der Waals surface area contributed by atoms with Crippen molar-refractivity contribution in [2.24, 2.45) is 0 Å². The van der Waals surface area contributed by atoms with Crippen LogP contribution in [0, 0.1) is 6.92 Å². The molecule has 0 radical (unpaired) electrons. The number of phenols is 1. The first-order valence-corrected chi connectivity index (χ1v) is 10.0. The molecule has 2 heterocycles. The number of hydrogen-bond acceptors (Lipinski definition) is 6. The van der Waals surface area contributed by atoms with Crippen LogP contribution >= 0.6 is 0 Å². The number of aliphatic hydroxyl groups is 1. The van der Waals surface area contributed by atoms with E-state index in [2.05, 4.69) is 0 Å². The summed E-state index contributed by atoms with van der Waals surface area (Å²) in [4.78, 5) is 27.6. The Kier molecular flexibility index (Phi) is 4.59. The summed E-state index contributed by atoms with van der Waals surface area (Å²) < 4.78 is 10.7. The second-order valence-electron chi connectivity index (χ2n) is 7.66. The zero-order valence-corrected chi connectivity index (χ0v) is 17.1. The molecule has 0 spiro atoms. The fraction of sp³-hybridized carbons (Fsp3) is 0.120. The highest BCUT2D eigenvalue weighted by Crippen LogP contribution is 2.43. The molecule has 5 rings (SSSR count). The van der Waals surface area contributed by atoms with Gasteiger partial charge in [0.05, 0.1) is 11.6 Å². The molecule has 3 aromatic carbocycles. The molecule has 0 aromatic heterocycles. The number of ether oxygens (including phenoxy) is 2. The largest absolute Gasteiger partial charge is 0.508 e. The molecule has 2 N–H and O–H groups in total. The summed E-state index contributed by atoms with van der Waals surface area (Å²) in [6.07, 6.45) is 0. The normalized spacial score (nSPS) is 18.9. The molecule has 2 aliphatic rings. The van der Waals surface area contributed by atoms with Gasteiger partial charge in [0, 0.05) is 11.3 Å². The number of rotatable bonds is 3. The predicted molar refractivity (Wildman–Crippen MR) is 117 cm³/mol. The molecule has 32 heavy (non-hydrogen) atoms. The average molecular weight is 429 g/mol. The number of amides is 1. The van der Waals surface area contributed by atoms with E-state index in [0.717, 1.165) is 5.56 Å². The van der Waals surface area contributed by atoms with E-state index in [1.165, 1.54) is 17.0 Å². The summed E-state index contributed by atoms with van der Waals surface area (Å²) in [6.45, 7) is 2.00. The number of hydrogen-bond donors (Lipinski definition) is 2. The van der Waals surface area contributed by atoms with Crippen molar-refractivity contribution in [1.82, 2.24) is 0 Å². The SMILES string of the molecule is Cc1ccc(N2C(=O)C(=O)/C(=C(\O)c3ccc4c(c3)OCO4)C2c2ccc(O)cc2)cc1. The van der Waals surface area contributed by atoms with Crippen molar-refractivity contribution in [2.45, 2.75) is 13.0 Å². The maximum Gasteiger partial charge on any atom is 0.300 e. The van der Waals surface area contributed by atoms with E-state index >= 15 is 0 Å². The maximum atomic E-state index is 13.1. The van der Waals surface area contributed by atoms with Gasteiger partial charge in [-0.15, -0.1) is 0 Å². The van der Waals surface area contributed by atoms with E-state index in [1.54, 1.807) is 42.5 Å². The average Bonchev–Trinajstić information content (AvgIpc) is 3.37. The van der Waals surface area contributed by atoms with Gasteiger partial charge in [0.15, 0.2) is 11.5 Å². The zero-order chi connectivity index (χ0) is 22.4. The number of ketones is 1. The molecular weight excluding hydrogens is 410 g/mol. The highest BCUT2D eigenvalue weighted by molar-refractivity contribution is 6.51. The Morgan fingerprint density at radius 1 is 0.938 bits per heavy atom. The first kappa shape index (κ1) is 19.7. The zero-order valence-electron chi connectivity index (χ0n) is 17.1. The van der Waals surface area contributed by atoms with Crippen LogP contribution in [0.4, 0.5) is 5.69 Å². The van der Waals surface area contributed by atoms with Crippen LogP contribution in [0.3, 0.4) is 0 Å². The van der Waals surface area contributed by atoms with Crippen molar-refractivity contribution >= 4 is 23.1 Å². The van der Waals surface area contributed by atoms with Gasteiger partial charge in [-0.3, -0.25) is 14.5 Å². The van der Waals surface area contributed by atoms with E-state index in [4.69, 9.17) is 9.47 Å². The second-order valence-corrected chi connectivity index (χ2v) is 7.66. The van der Waals surface area contributed by atoms with Crippen molar-refractivity contribution in [3.63, 3.8) is 0 Å². The Hall–Kier alpha value is -4.26. The lowest BCUT2D eigenvalue weighted by atomic mass is 9.95. The Balaban J connectivity index is 1.70. The van der Waals surface area contributed by atoms with Crippen LogP contribution in [0.5, 0.6) is 17.2 Å². The molecule has 0 bridgehead atoms. The number of aliphatic hydroxyl groups excluding tert-OH is 1. The van der Waals surface area contributed by atoms with Gasteiger partial charge in [-0.1, -0.05) is 29.8 Å². The van der Waals surface area contributed by atoms with Crippen molar-refractivity contribution in [2.75, 3.05) is 11.7 Å². The Morgan fingerprint density at radius 2 is 1.62 bits per heavy atom. The van der Waals surface area contributed by atoms with Crippen LogP contribution in [0.25, 0.3) is 5.76 Å². The van der Waals surface area contributed by atoms with Gasteiger partial charge in [-0.05, 0) is 55.0 Å². The van der Waals surface area contributed by atoms with E-state index in [1.807, 2.05) is 19.1 Å². The summed E-state index contributed by atoms with van der Waals surface area (Å²) in [5.74, 6) is -0.807. The minimum Gasteiger partial charge on any atom is -0.508 e. The van der Waals surface area contributed by atoms with Crippen molar-refractivity contribution in [3.8, 4) is 17.2 Å². The summed E-state index contributed by atoms with van der Waals surface area (Å²) in [5.41, 5.74) is 2.40. The van der Waals surface area contributed by atoms with Crippen LogP contribution in [0.15, 0.2) is 72.3 Å². The monoisotopic (exact) mass is 429 g/mol. The summed E-state index contributed by atoms with van der Waals surface area (Å²) in [7, 11) is 0. The molecule has 1 fully saturated rings. The maximum absolute atomic E-state index is 13.1. The number of fused-ring (bicyclic) bond motifs is 1. The second kappa shape index (κ2) is 7.46. The lowest BCUT2D eigenvalue weighted by Crippen LogP contribution is -2.29. The van der Waals surface area contributed by atoms with Gasteiger partial charge < -0.3 is 19.7 Å². The van der Waals surface area contributed by atoms with E-state index in [0.29, 0.717) is 28.3 Å². The molecule has 2 aliphatic heterocycles. The summed E-state index contributed by atoms with van der Waals surface area (Å²) in [5, 5.41) is 20.9. The molecular formula is C25H19NO6. The molecule has 7 nitrogen and oxygen atoms in total. The predicted octanol–water partition coefficient (Wildman–Crippen LogP) is 4.06. The fourth-order valence-electron chi connectivity index (χ4n) is 3.98. The molecule has 3 aromatic rings. The number of carbonyl (C=O) groups is 2. The number of benzene rings is 3. The molecule has 0 aliphatic carbocycles. The molecule has 1 unspecified atom stereocenters. The number of aromatic hydroxyl groups is 1. The molecule has 1 saturated heterocycles. The highest BCUT2D eigenvalue weighted by atomic mass is 16.7. The van der Waals surface area contributed by atoms with E-state index in [9.17, 15) is 19.8 Å². The van der Waals surface area contributed by atoms with Crippen molar-refractivity contribution in [1.29, 1.82) is 0 Å². The van der Waals surface area contributed by atoms with Gasteiger partial charge >= 0.3 is 0 Å². The number of Topliss-reactive ketones (excluding diaryl/α,β-unsaturated/α-hetero) is 1. The third kappa shape index (κ3) is 3.15. The smallest absolute Gasteiger partial charge is 0.300 e. The molecule has 7 heteroatoms. The first-order chi connectivity index (χ1) is 15.4. The molecule has 1 atom stereocenters. The van der Waals surface area contributed by atoms with Crippen molar-refractivity contribution in [3.05, 3.63) is 89.0 Å². The van der Waals surface area contributed by atoms with Crippen molar-refractivity contribution < 1.29 is 29.3 Å². The Labute approximate surface area is 183 Å². The van der Waals surface area contributed by atoms with Crippen LogP contribution in [-0.4, -0.2) is 28.7 Å². The standard InChI is InChI=1S/C25H19NO6/c1-14-2-7-17(8-3-14)26-22(15-4-9-18(27)10-5-15)21(24(29)25(26)30)23(28)16-6-11-19-20(12-16)32-13-31-19/h2-12,22,27-28H,13H2,1H3/b23-21-. The number of phenolic OH excluding ortho intramolecular Hbond substituents is 1. The van der Waals surface area contributed by atoms with E-state index < -0.39 is 17.7 Å². The summed E-state index contributed by atoms with van der Waals surface area (Å²) >= 11 is 0. The number of anilines is 1. The lowest BCUT2D eigenvalue weighted by Gasteiger charge is -2.25. The molecule has 160 valence electrons. The van der Waals surface area contributed by atoms with E-state index in [-0.39, 0.29) is 23.9 Å². The minimum atomic E-state index is -0.872. The number of carbonyl (C=O) groups excluding carboxylic acids is 2. The van der Waals surface area contributed by atoms with Gasteiger partial charge in [0.25, 0.3) is 11.7 Å².